The number of rotatable bonds is 2. The van der Waals surface area contributed by atoms with E-state index in [2.05, 4.69) is 31.8 Å². The molecule has 0 unspecified atom stereocenters. The highest BCUT2D eigenvalue weighted by atomic mass is 16.3. The van der Waals surface area contributed by atoms with Gasteiger partial charge in [-0.05, 0) is 58.5 Å². The Bertz CT molecular complexity index is 1470. The van der Waals surface area contributed by atoms with Crippen LogP contribution >= 0.6 is 0 Å². The fourth-order valence-electron chi connectivity index (χ4n) is 3.93. The minimum Gasteiger partial charge on any atom is -0.455 e. The molecule has 0 spiro atoms. The zero-order chi connectivity index (χ0) is 21.6. The molecule has 0 bridgehead atoms. The van der Waals surface area contributed by atoms with E-state index in [1.54, 1.807) is 0 Å². The second-order valence-corrected chi connectivity index (χ2v) is 8.87. The number of benzene rings is 3. The molecule has 2 heterocycles. The van der Waals surface area contributed by atoms with Crippen LogP contribution in [0.2, 0.25) is 0 Å². The van der Waals surface area contributed by atoms with Crippen molar-refractivity contribution < 1.29 is 4.42 Å². The summed E-state index contributed by atoms with van der Waals surface area (Å²) in [6, 6.07) is 25.6. The van der Waals surface area contributed by atoms with Crippen LogP contribution in [-0.2, 0) is 5.41 Å². The maximum atomic E-state index is 13.4. The standard InChI is InChI=1S/C28H23NO2/c1-28(2,3)20-14-15-29-24(17-20)21-10-7-11-22-26(30)23-16-19(18-8-5-4-6-9-18)12-13-25(23)31-27(21)22/h4-17H,1-3H3. The molecule has 3 aromatic carbocycles. The van der Waals surface area contributed by atoms with Crippen LogP contribution in [0.15, 0.2) is 94.3 Å². The van der Waals surface area contributed by atoms with Gasteiger partial charge in [0.15, 0.2) is 0 Å². The predicted octanol–water partition coefficient (Wildman–Crippen LogP) is 6.97. The predicted molar refractivity (Wildman–Crippen MR) is 127 cm³/mol. The SMILES string of the molecule is CC(C)(C)c1ccnc(-c2cccc3c(=O)c4cc(-c5ccccc5)ccc4oc23)c1. The summed E-state index contributed by atoms with van der Waals surface area (Å²) in [6.07, 6.45) is 1.82. The lowest BCUT2D eigenvalue weighted by atomic mass is 9.87. The molecule has 0 saturated carbocycles. The van der Waals surface area contributed by atoms with Gasteiger partial charge in [0.25, 0.3) is 0 Å². The van der Waals surface area contributed by atoms with Gasteiger partial charge < -0.3 is 4.42 Å². The summed E-state index contributed by atoms with van der Waals surface area (Å²) in [4.78, 5) is 18.0. The maximum absolute atomic E-state index is 13.4. The van der Waals surface area contributed by atoms with E-state index in [9.17, 15) is 4.79 Å². The monoisotopic (exact) mass is 405 g/mol. The Morgan fingerprint density at radius 2 is 1.58 bits per heavy atom. The minimum atomic E-state index is -0.0251. The average molecular weight is 405 g/mol. The van der Waals surface area contributed by atoms with E-state index in [1.165, 1.54) is 5.56 Å². The molecule has 5 aromatic rings. The van der Waals surface area contributed by atoms with Crippen molar-refractivity contribution in [3.8, 4) is 22.4 Å². The molecular formula is C28H23NO2. The third kappa shape index (κ3) is 3.42. The Labute approximate surface area is 181 Å². The molecule has 2 aromatic heterocycles. The van der Waals surface area contributed by atoms with E-state index < -0.39 is 0 Å². The Hall–Kier alpha value is -3.72. The van der Waals surface area contributed by atoms with Gasteiger partial charge in [0.1, 0.15) is 11.2 Å². The number of nitrogens with zero attached hydrogens (tertiary/aromatic N) is 1. The van der Waals surface area contributed by atoms with E-state index in [-0.39, 0.29) is 10.8 Å². The van der Waals surface area contributed by atoms with Crippen LogP contribution in [0.4, 0.5) is 0 Å². The largest absolute Gasteiger partial charge is 0.455 e. The Balaban J connectivity index is 1.74. The van der Waals surface area contributed by atoms with E-state index in [1.807, 2.05) is 79.0 Å². The first-order valence-corrected chi connectivity index (χ1v) is 10.4. The summed E-state index contributed by atoms with van der Waals surface area (Å²) in [5.41, 5.74) is 6.02. The molecule has 5 rings (SSSR count). The van der Waals surface area contributed by atoms with Gasteiger partial charge in [-0.2, -0.15) is 0 Å². The molecule has 3 nitrogen and oxygen atoms in total. The van der Waals surface area contributed by atoms with Crippen molar-refractivity contribution in [3.63, 3.8) is 0 Å². The molecule has 0 aliphatic carbocycles. The highest BCUT2D eigenvalue weighted by Gasteiger charge is 2.17. The number of hydrogen-bond acceptors (Lipinski definition) is 3. The van der Waals surface area contributed by atoms with Crippen molar-refractivity contribution in [2.24, 2.45) is 0 Å². The first-order chi connectivity index (χ1) is 14.9. The van der Waals surface area contributed by atoms with Crippen molar-refractivity contribution in [2.75, 3.05) is 0 Å². The van der Waals surface area contributed by atoms with Crippen LogP contribution in [0.25, 0.3) is 44.3 Å². The number of hydrogen-bond donors (Lipinski definition) is 0. The van der Waals surface area contributed by atoms with Crippen LogP contribution in [0.5, 0.6) is 0 Å². The van der Waals surface area contributed by atoms with E-state index in [0.717, 1.165) is 22.4 Å². The van der Waals surface area contributed by atoms with Gasteiger partial charge >= 0.3 is 0 Å². The van der Waals surface area contributed by atoms with Gasteiger partial charge in [-0.3, -0.25) is 9.78 Å². The molecule has 0 aliphatic heterocycles. The molecule has 0 atom stereocenters. The highest BCUT2D eigenvalue weighted by molar-refractivity contribution is 5.98. The second kappa shape index (κ2) is 7.21. The average Bonchev–Trinajstić information content (AvgIpc) is 2.79. The fourth-order valence-corrected chi connectivity index (χ4v) is 3.93. The highest BCUT2D eigenvalue weighted by Crippen LogP contribution is 2.32. The summed E-state index contributed by atoms with van der Waals surface area (Å²) >= 11 is 0. The fraction of sp³-hybridized carbons (Fsp3) is 0.143. The van der Waals surface area contributed by atoms with Crippen molar-refractivity contribution in [1.29, 1.82) is 0 Å². The smallest absolute Gasteiger partial charge is 0.200 e. The molecular weight excluding hydrogens is 382 g/mol. The van der Waals surface area contributed by atoms with Crippen LogP contribution in [0.3, 0.4) is 0 Å². The lowest BCUT2D eigenvalue weighted by Gasteiger charge is -2.19. The molecule has 0 saturated heterocycles. The van der Waals surface area contributed by atoms with E-state index in [4.69, 9.17) is 4.42 Å². The maximum Gasteiger partial charge on any atom is 0.200 e. The Morgan fingerprint density at radius 3 is 2.35 bits per heavy atom. The third-order valence-electron chi connectivity index (χ3n) is 5.70. The van der Waals surface area contributed by atoms with Crippen LogP contribution in [0, 0.1) is 0 Å². The normalized spacial score (nSPS) is 11.8. The molecule has 0 amide bonds. The molecule has 0 N–H and O–H groups in total. The van der Waals surface area contributed by atoms with Crippen LogP contribution in [0.1, 0.15) is 26.3 Å². The Kier molecular flexibility index (Phi) is 4.48. The van der Waals surface area contributed by atoms with Gasteiger partial charge in [0.05, 0.1) is 16.5 Å². The van der Waals surface area contributed by atoms with Crippen molar-refractivity contribution in [3.05, 3.63) is 101 Å². The number of para-hydroxylation sites is 1. The summed E-state index contributed by atoms with van der Waals surface area (Å²) in [5, 5.41) is 1.15. The zero-order valence-electron chi connectivity index (χ0n) is 17.8. The van der Waals surface area contributed by atoms with Gasteiger partial charge in [-0.1, -0.05) is 63.2 Å². The molecule has 152 valence electrons. The van der Waals surface area contributed by atoms with Crippen LogP contribution < -0.4 is 5.43 Å². The molecule has 0 aliphatic rings. The topological polar surface area (TPSA) is 43.1 Å². The summed E-state index contributed by atoms with van der Waals surface area (Å²) < 4.78 is 6.29. The van der Waals surface area contributed by atoms with Crippen molar-refractivity contribution >= 4 is 21.9 Å². The first-order valence-electron chi connectivity index (χ1n) is 10.4. The second-order valence-electron chi connectivity index (χ2n) is 8.87. The molecule has 3 heteroatoms. The number of pyridine rings is 1. The van der Waals surface area contributed by atoms with Crippen molar-refractivity contribution in [2.45, 2.75) is 26.2 Å². The summed E-state index contributed by atoms with van der Waals surface area (Å²) in [7, 11) is 0. The molecule has 0 radical (unpaired) electrons. The number of fused-ring (bicyclic) bond motifs is 2. The first kappa shape index (κ1) is 19.3. The molecule has 31 heavy (non-hydrogen) atoms. The van der Waals surface area contributed by atoms with Crippen molar-refractivity contribution in [1.82, 2.24) is 4.98 Å². The summed E-state index contributed by atoms with van der Waals surface area (Å²) in [6.45, 7) is 6.52. The molecule has 0 fully saturated rings. The lowest BCUT2D eigenvalue weighted by Crippen LogP contribution is -2.11. The summed E-state index contributed by atoms with van der Waals surface area (Å²) in [5.74, 6) is 0. The van der Waals surface area contributed by atoms with Gasteiger partial charge in [0, 0.05) is 11.8 Å². The third-order valence-corrected chi connectivity index (χ3v) is 5.70. The minimum absolute atomic E-state index is 0.00362. The van der Waals surface area contributed by atoms with Crippen LogP contribution in [-0.4, -0.2) is 4.98 Å². The van der Waals surface area contributed by atoms with Gasteiger partial charge in [0.2, 0.25) is 5.43 Å². The Morgan fingerprint density at radius 1 is 0.774 bits per heavy atom. The number of aromatic nitrogens is 1. The quantitative estimate of drug-likeness (QED) is 0.298. The lowest BCUT2D eigenvalue weighted by molar-refractivity contribution is 0.589. The van der Waals surface area contributed by atoms with Gasteiger partial charge in [-0.25, -0.2) is 0 Å². The van der Waals surface area contributed by atoms with E-state index in [0.29, 0.717) is 21.9 Å². The van der Waals surface area contributed by atoms with Gasteiger partial charge in [-0.15, -0.1) is 0 Å². The zero-order valence-corrected chi connectivity index (χ0v) is 17.8. The van der Waals surface area contributed by atoms with E-state index >= 15 is 0 Å².